The van der Waals surface area contributed by atoms with Gasteiger partial charge in [0.2, 0.25) is 0 Å². The van der Waals surface area contributed by atoms with Crippen LogP contribution in [0.3, 0.4) is 0 Å². The van der Waals surface area contributed by atoms with Crippen molar-refractivity contribution < 1.29 is 14.3 Å². The normalized spacial score (nSPS) is 13.9. The van der Waals surface area contributed by atoms with Crippen LogP contribution in [0.2, 0.25) is 0 Å². The van der Waals surface area contributed by atoms with Crippen LogP contribution < -0.4 is 11.2 Å². The Bertz CT molecular complexity index is 686. The molecule has 7 heteroatoms. The molecule has 0 aliphatic carbocycles. The molecule has 1 atom stereocenters. The second-order valence-corrected chi connectivity index (χ2v) is 6.62. The Kier molecular flexibility index (Phi) is 6.06. The molecule has 7 nitrogen and oxygen atoms in total. The summed E-state index contributed by atoms with van der Waals surface area (Å²) < 4.78 is 5.84. The average molecular weight is 324 g/mol. The number of hydrogen-bond donors (Lipinski definition) is 1. The molecular formula is C16H24N2O5. The van der Waals surface area contributed by atoms with Crippen molar-refractivity contribution in [3.8, 4) is 0 Å². The van der Waals surface area contributed by atoms with Crippen LogP contribution in [0.15, 0.2) is 21.9 Å². The van der Waals surface area contributed by atoms with Gasteiger partial charge >= 0.3 is 11.7 Å². The highest BCUT2D eigenvalue weighted by Gasteiger charge is 2.39. The van der Waals surface area contributed by atoms with Crippen molar-refractivity contribution in [3.05, 3.63) is 33.1 Å². The first-order valence-corrected chi connectivity index (χ1v) is 7.60. The van der Waals surface area contributed by atoms with E-state index in [4.69, 9.17) is 4.74 Å². The van der Waals surface area contributed by atoms with Gasteiger partial charge in [0, 0.05) is 12.3 Å². The van der Waals surface area contributed by atoms with E-state index < -0.39 is 35.1 Å². The molecule has 0 fully saturated rings. The van der Waals surface area contributed by atoms with E-state index in [0.717, 1.165) is 12.3 Å². The molecular weight excluding hydrogens is 300 g/mol. The second kappa shape index (κ2) is 7.39. The Morgan fingerprint density at radius 3 is 2.35 bits per heavy atom. The summed E-state index contributed by atoms with van der Waals surface area (Å²) in [5.74, 6) is -0.835. The third-order valence-corrected chi connectivity index (χ3v) is 3.99. The zero-order chi connectivity index (χ0) is 17.8. The molecule has 1 rings (SSSR count). The maximum absolute atomic E-state index is 12.4. The van der Waals surface area contributed by atoms with Gasteiger partial charge in [-0.2, -0.15) is 0 Å². The number of H-pyrrole nitrogens is 1. The molecule has 1 aromatic heterocycles. The van der Waals surface area contributed by atoms with Gasteiger partial charge in [-0.15, -0.1) is 0 Å². The van der Waals surface area contributed by atoms with E-state index in [-0.39, 0.29) is 5.92 Å². The van der Waals surface area contributed by atoms with Crippen molar-refractivity contribution in [1.29, 1.82) is 0 Å². The van der Waals surface area contributed by atoms with Crippen molar-refractivity contribution in [2.45, 2.75) is 41.0 Å². The fraction of sp³-hybridized carbons (Fsp3) is 0.625. The van der Waals surface area contributed by atoms with Gasteiger partial charge in [-0.3, -0.25) is 19.4 Å². The lowest BCUT2D eigenvalue weighted by atomic mass is 9.73. The fourth-order valence-electron chi connectivity index (χ4n) is 2.38. The molecule has 1 N–H and O–H groups in total. The smallest absolute Gasteiger partial charge is 0.335 e. The summed E-state index contributed by atoms with van der Waals surface area (Å²) in [6.45, 7) is 9.15. The van der Waals surface area contributed by atoms with Gasteiger partial charge in [-0.1, -0.05) is 27.7 Å². The van der Waals surface area contributed by atoms with E-state index in [9.17, 15) is 19.2 Å². The Hall–Kier alpha value is -2.18. The number of aromatic amines is 1. The topological polar surface area (TPSA) is 98.2 Å². The zero-order valence-corrected chi connectivity index (χ0v) is 14.2. The molecule has 1 unspecified atom stereocenters. The van der Waals surface area contributed by atoms with E-state index in [1.165, 1.54) is 0 Å². The van der Waals surface area contributed by atoms with E-state index in [0.29, 0.717) is 16.9 Å². The van der Waals surface area contributed by atoms with E-state index in [1.807, 2.05) is 39.6 Å². The molecule has 128 valence electrons. The summed E-state index contributed by atoms with van der Waals surface area (Å²) in [6.07, 6.45) is 1.70. The summed E-state index contributed by atoms with van der Waals surface area (Å²) >= 11 is 0. The molecule has 23 heavy (non-hydrogen) atoms. The van der Waals surface area contributed by atoms with Crippen LogP contribution in [0, 0.1) is 17.3 Å². The predicted octanol–water partition coefficient (Wildman–Crippen LogP) is 1.43. The molecule has 1 heterocycles. The minimum atomic E-state index is -0.854. The van der Waals surface area contributed by atoms with Crippen molar-refractivity contribution in [1.82, 2.24) is 9.55 Å². The van der Waals surface area contributed by atoms with E-state index in [2.05, 4.69) is 0 Å². The van der Waals surface area contributed by atoms with Crippen molar-refractivity contribution in [2.75, 3.05) is 6.61 Å². The van der Waals surface area contributed by atoms with Gasteiger partial charge < -0.3 is 4.74 Å². The summed E-state index contributed by atoms with van der Waals surface area (Å²) in [4.78, 5) is 48.8. The molecule has 0 aliphatic rings. The number of rotatable bonds is 6. The van der Waals surface area contributed by atoms with Crippen molar-refractivity contribution in [3.63, 3.8) is 0 Å². The van der Waals surface area contributed by atoms with E-state index >= 15 is 0 Å². The van der Waals surface area contributed by atoms with Crippen LogP contribution in [0.25, 0.3) is 0 Å². The summed E-state index contributed by atoms with van der Waals surface area (Å²) in [6, 6.07) is 1.05. The lowest BCUT2D eigenvalue weighted by Crippen LogP contribution is -2.39. The lowest BCUT2D eigenvalue weighted by Gasteiger charge is -2.32. The Morgan fingerprint density at radius 2 is 1.87 bits per heavy atom. The van der Waals surface area contributed by atoms with Crippen LogP contribution in [-0.2, 0) is 9.53 Å². The Balaban J connectivity index is 2.83. The number of carbonyl (C=O) groups is 2. The molecule has 0 spiro atoms. The largest absolute Gasteiger partial charge is 0.455 e. The summed E-state index contributed by atoms with van der Waals surface area (Å²) in [5.41, 5.74) is -2.16. The highest BCUT2D eigenvalue weighted by molar-refractivity contribution is 5.84. The summed E-state index contributed by atoms with van der Waals surface area (Å²) in [7, 11) is 0. The van der Waals surface area contributed by atoms with Crippen LogP contribution in [-0.4, -0.2) is 28.0 Å². The predicted molar refractivity (Wildman–Crippen MR) is 85.3 cm³/mol. The number of nitrogens with one attached hydrogen (secondary N) is 1. The minimum Gasteiger partial charge on any atom is -0.455 e. The maximum atomic E-state index is 12.4. The molecule has 0 saturated carbocycles. The van der Waals surface area contributed by atoms with Gasteiger partial charge in [0.05, 0.1) is 5.41 Å². The highest BCUT2D eigenvalue weighted by Crippen LogP contribution is 2.35. The first-order chi connectivity index (χ1) is 10.6. The van der Waals surface area contributed by atoms with Crippen LogP contribution in [0.5, 0.6) is 0 Å². The van der Waals surface area contributed by atoms with Crippen LogP contribution in [0.4, 0.5) is 0 Å². The lowest BCUT2D eigenvalue weighted by molar-refractivity contribution is -0.157. The monoisotopic (exact) mass is 324 g/mol. The SMILES string of the molecule is CC(C)CC(C)(C(=O)OCC(=O)n1ccc(=O)[nH]c1=O)C(C)C. The Morgan fingerprint density at radius 1 is 1.26 bits per heavy atom. The quantitative estimate of drug-likeness (QED) is 0.798. The zero-order valence-electron chi connectivity index (χ0n) is 14.2. The van der Waals surface area contributed by atoms with Crippen molar-refractivity contribution >= 4 is 11.9 Å². The van der Waals surface area contributed by atoms with Gasteiger partial charge in [0.15, 0.2) is 6.61 Å². The molecule has 0 aliphatic heterocycles. The molecule has 0 aromatic carbocycles. The number of hydrogen-bond acceptors (Lipinski definition) is 5. The number of nitrogens with zero attached hydrogens (tertiary/aromatic N) is 1. The van der Waals surface area contributed by atoms with Gasteiger partial charge in [-0.25, -0.2) is 9.36 Å². The van der Waals surface area contributed by atoms with Gasteiger partial charge in [0.1, 0.15) is 0 Å². The minimum absolute atomic E-state index is 0.0447. The number of aromatic nitrogens is 2. The highest BCUT2D eigenvalue weighted by atomic mass is 16.5. The molecule has 1 aromatic rings. The number of ether oxygens (including phenoxy) is 1. The van der Waals surface area contributed by atoms with E-state index in [1.54, 1.807) is 0 Å². The third kappa shape index (κ3) is 4.64. The molecule has 0 amide bonds. The summed E-state index contributed by atoms with van der Waals surface area (Å²) in [5, 5.41) is 0. The maximum Gasteiger partial charge on any atom is 0.335 e. The standard InChI is InChI=1S/C16H24N2O5/c1-10(2)8-16(5,11(3)4)14(21)23-9-13(20)18-7-6-12(19)17-15(18)22/h6-7,10-11H,8-9H2,1-5H3,(H,17,19,22). The number of carbonyl (C=O) groups excluding carboxylic acids is 2. The Labute approximate surface area is 134 Å². The molecule has 0 saturated heterocycles. The third-order valence-electron chi connectivity index (χ3n) is 3.99. The average Bonchev–Trinajstić information content (AvgIpc) is 2.43. The van der Waals surface area contributed by atoms with Crippen LogP contribution >= 0.6 is 0 Å². The fourth-order valence-corrected chi connectivity index (χ4v) is 2.38. The van der Waals surface area contributed by atoms with Gasteiger partial charge in [-0.05, 0) is 25.2 Å². The van der Waals surface area contributed by atoms with Crippen molar-refractivity contribution in [2.24, 2.45) is 17.3 Å². The molecule has 0 radical (unpaired) electrons. The molecule has 0 bridgehead atoms. The second-order valence-electron chi connectivity index (χ2n) is 6.62. The van der Waals surface area contributed by atoms with Crippen LogP contribution in [0.1, 0.15) is 45.8 Å². The first kappa shape index (κ1) is 18.9. The first-order valence-electron chi connectivity index (χ1n) is 7.60. The van der Waals surface area contributed by atoms with Gasteiger partial charge in [0.25, 0.3) is 11.5 Å². The number of esters is 1.